The van der Waals surface area contributed by atoms with E-state index in [2.05, 4.69) is 10.1 Å². The van der Waals surface area contributed by atoms with Crippen LogP contribution in [-0.4, -0.2) is 27.5 Å². The summed E-state index contributed by atoms with van der Waals surface area (Å²) in [6, 6.07) is 14.3. The number of thiazole rings is 1. The number of fused-ring (bicyclic) bond motifs is 1. The number of rotatable bonds is 6. The Morgan fingerprint density at radius 1 is 0.972 bits per heavy atom. The number of benzene rings is 3. The zero-order chi connectivity index (χ0) is 25.2. The Labute approximate surface area is 205 Å². The molecule has 0 aliphatic carbocycles. The minimum absolute atomic E-state index is 0.0556. The Morgan fingerprint density at radius 2 is 1.67 bits per heavy atom. The summed E-state index contributed by atoms with van der Waals surface area (Å²) in [6.45, 7) is -0.0556. The minimum atomic E-state index is -0.568. The van der Waals surface area contributed by atoms with Crippen LogP contribution in [0.1, 0.15) is 5.56 Å². The Balaban J connectivity index is 1.68. The average molecular weight is 507 g/mol. The molecule has 0 spiro atoms. The fourth-order valence-corrected chi connectivity index (χ4v) is 4.30. The molecule has 4 aromatic rings. The SMILES string of the molecule is O=[N+]([O-])c1cc2c(cc1C=Nn1c(-c3ccc(F)cc3)csc1=Nc1ccccc1[N+](=O)[O-])OCO2. The van der Waals surface area contributed by atoms with Crippen molar-refractivity contribution in [2.24, 2.45) is 10.1 Å². The molecule has 1 aromatic heterocycles. The fraction of sp³-hybridized carbons (Fsp3) is 0.0435. The van der Waals surface area contributed by atoms with E-state index in [-0.39, 0.29) is 40.0 Å². The highest BCUT2D eigenvalue weighted by Gasteiger charge is 2.23. The van der Waals surface area contributed by atoms with Gasteiger partial charge in [0.25, 0.3) is 11.4 Å². The highest BCUT2D eigenvalue weighted by molar-refractivity contribution is 7.07. The van der Waals surface area contributed by atoms with E-state index in [1.54, 1.807) is 23.6 Å². The summed E-state index contributed by atoms with van der Waals surface area (Å²) in [7, 11) is 0. The van der Waals surface area contributed by atoms with Crippen molar-refractivity contribution in [3.05, 3.63) is 102 Å². The molecule has 1 aliphatic heterocycles. The van der Waals surface area contributed by atoms with Gasteiger partial charge in [0.2, 0.25) is 11.6 Å². The number of hydrogen-bond donors (Lipinski definition) is 0. The molecule has 180 valence electrons. The standard InChI is InChI=1S/C23H14FN5O6S/c24-16-7-5-14(6-8-16)20-12-36-23(26-17-3-1-2-4-18(17)28(30)31)27(20)25-11-15-9-21-22(35-13-34-21)10-19(15)29(32)33/h1-12H,13H2. The van der Waals surface area contributed by atoms with Gasteiger partial charge in [-0.05, 0) is 36.4 Å². The average Bonchev–Trinajstić information content (AvgIpc) is 3.49. The molecule has 36 heavy (non-hydrogen) atoms. The number of nitro groups is 2. The topological polar surface area (TPSA) is 134 Å². The van der Waals surface area contributed by atoms with E-state index in [1.807, 2.05) is 0 Å². The van der Waals surface area contributed by atoms with Gasteiger partial charge in [0.15, 0.2) is 11.5 Å². The number of para-hydroxylation sites is 2. The highest BCUT2D eigenvalue weighted by Crippen LogP contribution is 2.37. The van der Waals surface area contributed by atoms with Crippen LogP contribution in [-0.2, 0) is 0 Å². The lowest BCUT2D eigenvalue weighted by molar-refractivity contribution is -0.385. The smallest absolute Gasteiger partial charge is 0.294 e. The summed E-state index contributed by atoms with van der Waals surface area (Å²) >= 11 is 1.14. The lowest BCUT2D eigenvalue weighted by atomic mass is 10.1. The van der Waals surface area contributed by atoms with Crippen LogP contribution in [0.2, 0.25) is 0 Å². The van der Waals surface area contributed by atoms with Gasteiger partial charge in [0, 0.05) is 17.0 Å². The highest BCUT2D eigenvalue weighted by atomic mass is 32.1. The second-order valence-corrected chi connectivity index (χ2v) is 8.18. The lowest BCUT2D eigenvalue weighted by Gasteiger charge is -2.05. The van der Waals surface area contributed by atoms with Crippen molar-refractivity contribution in [1.82, 2.24) is 4.68 Å². The summed E-state index contributed by atoms with van der Waals surface area (Å²) in [5.41, 5.74) is 0.888. The normalized spacial score (nSPS) is 12.9. The maximum absolute atomic E-state index is 13.5. The molecule has 0 bridgehead atoms. The van der Waals surface area contributed by atoms with Gasteiger partial charge in [-0.25, -0.2) is 14.1 Å². The van der Waals surface area contributed by atoms with Crippen molar-refractivity contribution in [1.29, 1.82) is 0 Å². The molecule has 0 radical (unpaired) electrons. The zero-order valence-electron chi connectivity index (χ0n) is 18.1. The van der Waals surface area contributed by atoms with Crippen LogP contribution in [0.4, 0.5) is 21.5 Å². The van der Waals surface area contributed by atoms with Crippen molar-refractivity contribution < 1.29 is 23.7 Å². The number of aromatic nitrogens is 1. The van der Waals surface area contributed by atoms with E-state index in [9.17, 15) is 24.6 Å². The zero-order valence-corrected chi connectivity index (χ0v) is 18.9. The summed E-state index contributed by atoms with van der Waals surface area (Å²) in [5, 5.41) is 29.2. The van der Waals surface area contributed by atoms with E-state index < -0.39 is 15.7 Å². The second kappa shape index (κ2) is 9.38. The van der Waals surface area contributed by atoms with Crippen LogP contribution >= 0.6 is 11.3 Å². The summed E-state index contributed by atoms with van der Waals surface area (Å²) in [6.07, 6.45) is 1.26. The van der Waals surface area contributed by atoms with E-state index >= 15 is 0 Å². The third-order valence-electron chi connectivity index (χ3n) is 5.15. The summed E-state index contributed by atoms with van der Waals surface area (Å²) in [5.74, 6) is 0.159. The maximum atomic E-state index is 13.5. The molecule has 11 nitrogen and oxygen atoms in total. The molecule has 2 heterocycles. The number of hydrogen-bond acceptors (Lipinski definition) is 9. The predicted molar refractivity (Wildman–Crippen MR) is 128 cm³/mol. The Hall–Kier alpha value is -4.91. The summed E-state index contributed by atoms with van der Waals surface area (Å²) in [4.78, 5) is 26.7. The monoisotopic (exact) mass is 507 g/mol. The third kappa shape index (κ3) is 4.42. The molecule has 0 unspecified atom stereocenters. The molecule has 3 aromatic carbocycles. The molecule has 13 heteroatoms. The largest absolute Gasteiger partial charge is 0.454 e. The minimum Gasteiger partial charge on any atom is -0.454 e. The number of nitrogens with zero attached hydrogens (tertiary/aromatic N) is 5. The lowest BCUT2D eigenvalue weighted by Crippen LogP contribution is -2.12. The van der Waals surface area contributed by atoms with Crippen LogP contribution in [0.5, 0.6) is 11.5 Å². The summed E-state index contributed by atoms with van der Waals surface area (Å²) < 4.78 is 25.4. The molecule has 0 saturated heterocycles. The third-order valence-corrected chi connectivity index (χ3v) is 5.97. The number of ether oxygens (including phenoxy) is 2. The van der Waals surface area contributed by atoms with E-state index in [0.717, 1.165) is 11.3 Å². The van der Waals surface area contributed by atoms with E-state index in [0.29, 0.717) is 17.0 Å². The van der Waals surface area contributed by atoms with Crippen LogP contribution in [0.3, 0.4) is 0 Å². The van der Waals surface area contributed by atoms with Crippen molar-refractivity contribution in [3.8, 4) is 22.8 Å². The van der Waals surface area contributed by atoms with Gasteiger partial charge < -0.3 is 9.47 Å². The van der Waals surface area contributed by atoms with E-state index in [1.165, 1.54) is 53.4 Å². The van der Waals surface area contributed by atoms with Gasteiger partial charge in [-0.3, -0.25) is 20.2 Å². The molecule has 0 amide bonds. The van der Waals surface area contributed by atoms with Crippen molar-refractivity contribution in [3.63, 3.8) is 0 Å². The molecule has 0 N–H and O–H groups in total. The van der Waals surface area contributed by atoms with Gasteiger partial charge in [0.1, 0.15) is 11.5 Å². The first-order chi connectivity index (χ1) is 17.4. The van der Waals surface area contributed by atoms with Crippen molar-refractivity contribution >= 4 is 34.6 Å². The van der Waals surface area contributed by atoms with E-state index in [4.69, 9.17) is 9.47 Å². The van der Waals surface area contributed by atoms with Gasteiger partial charge >= 0.3 is 0 Å². The Morgan fingerprint density at radius 3 is 2.39 bits per heavy atom. The first-order valence-corrected chi connectivity index (χ1v) is 11.2. The van der Waals surface area contributed by atoms with Gasteiger partial charge in [-0.1, -0.05) is 12.1 Å². The van der Waals surface area contributed by atoms with Gasteiger partial charge in [-0.15, -0.1) is 11.3 Å². The van der Waals surface area contributed by atoms with Crippen LogP contribution in [0.15, 0.2) is 76.1 Å². The van der Waals surface area contributed by atoms with Gasteiger partial charge in [-0.2, -0.15) is 5.10 Å². The Kier molecular flexibility index (Phi) is 5.96. The van der Waals surface area contributed by atoms with Crippen molar-refractivity contribution in [2.75, 3.05) is 6.79 Å². The number of nitro benzene ring substituents is 2. The van der Waals surface area contributed by atoms with Crippen LogP contribution in [0.25, 0.3) is 11.3 Å². The molecule has 0 atom stereocenters. The Bertz CT molecular complexity index is 1600. The first kappa shape index (κ1) is 22.9. The van der Waals surface area contributed by atoms with Gasteiger partial charge in [0.05, 0.1) is 33.4 Å². The quantitative estimate of drug-likeness (QED) is 0.204. The molecule has 0 saturated carbocycles. The fourth-order valence-electron chi connectivity index (χ4n) is 3.45. The molecular weight excluding hydrogens is 493 g/mol. The van der Waals surface area contributed by atoms with Crippen LogP contribution < -0.4 is 14.3 Å². The molecular formula is C23H14FN5O6S. The predicted octanol–water partition coefficient (Wildman–Crippen LogP) is 5.02. The maximum Gasteiger partial charge on any atom is 0.294 e. The molecule has 1 aliphatic rings. The van der Waals surface area contributed by atoms with Crippen molar-refractivity contribution in [2.45, 2.75) is 0 Å². The number of halogens is 1. The molecule has 5 rings (SSSR count). The second-order valence-electron chi connectivity index (χ2n) is 7.35. The first-order valence-electron chi connectivity index (χ1n) is 10.3. The molecule has 0 fully saturated rings. The van der Waals surface area contributed by atoms with Crippen LogP contribution in [0, 0.1) is 26.0 Å².